The Hall–Kier alpha value is -3.47. The van der Waals surface area contributed by atoms with E-state index in [9.17, 15) is 9.18 Å². The summed E-state index contributed by atoms with van der Waals surface area (Å²) in [6, 6.07) is 5.17. The van der Waals surface area contributed by atoms with Crippen molar-refractivity contribution in [2.45, 2.75) is 65.8 Å². The number of ether oxygens (including phenoxy) is 2. The summed E-state index contributed by atoms with van der Waals surface area (Å²) in [5.74, 6) is 1.44. The number of carbonyl (C=O) groups excluding carboxylic acids is 1. The van der Waals surface area contributed by atoms with E-state index >= 15 is 0 Å². The molecule has 1 fully saturated rings. The van der Waals surface area contributed by atoms with Crippen LogP contribution in [0.1, 0.15) is 43.3 Å². The molecular formula is C26H33FN6O3S. The number of thiazole rings is 1. The van der Waals surface area contributed by atoms with E-state index < -0.39 is 17.9 Å². The number of aromatic nitrogens is 3. The number of halogens is 1. The SMILES string of the molecule is Cc1nc(Oc2cc(C)c(N)cc2C)c(-c2ccnc(N[C@H]3C[C@H](F)CN(C(=O)OC(C)(C)C)C3)n2)s1. The molecule has 1 aliphatic heterocycles. The van der Waals surface area contributed by atoms with Crippen LogP contribution in [0.25, 0.3) is 10.6 Å². The van der Waals surface area contributed by atoms with Crippen LogP contribution >= 0.6 is 11.3 Å². The van der Waals surface area contributed by atoms with E-state index in [1.54, 1.807) is 33.0 Å². The monoisotopic (exact) mass is 528 g/mol. The van der Waals surface area contributed by atoms with Gasteiger partial charge in [-0.15, -0.1) is 11.3 Å². The smallest absolute Gasteiger partial charge is 0.410 e. The Balaban J connectivity index is 1.53. The topological polar surface area (TPSA) is 115 Å². The van der Waals surface area contributed by atoms with E-state index in [-0.39, 0.29) is 25.6 Å². The number of benzene rings is 1. The van der Waals surface area contributed by atoms with Gasteiger partial charge in [-0.05, 0) is 70.9 Å². The van der Waals surface area contributed by atoms with Crippen LogP contribution in [0.5, 0.6) is 11.6 Å². The van der Waals surface area contributed by atoms with Crippen LogP contribution in [0.15, 0.2) is 24.4 Å². The lowest BCUT2D eigenvalue weighted by Gasteiger charge is -2.36. The Labute approximate surface area is 220 Å². The molecule has 198 valence electrons. The molecule has 3 aromatic rings. The molecule has 3 N–H and O–H groups in total. The van der Waals surface area contributed by atoms with Gasteiger partial charge in [0, 0.05) is 30.9 Å². The van der Waals surface area contributed by atoms with Gasteiger partial charge in [-0.1, -0.05) is 0 Å². The normalized spacial score (nSPS) is 18.0. The number of rotatable bonds is 5. The minimum absolute atomic E-state index is 0.00113. The first kappa shape index (κ1) is 26.6. The summed E-state index contributed by atoms with van der Waals surface area (Å²) in [7, 11) is 0. The number of hydrogen-bond donors (Lipinski definition) is 2. The third-order valence-corrected chi connectivity index (χ3v) is 6.72. The van der Waals surface area contributed by atoms with E-state index in [0.717, 1.165) is 21.0 Å². The zero-order valence-electron chi connectivity index (χ0n) is 22.0. The Morgan fingerprint density at radius 1 is 1.19 bits per heavy atom. The van der Waals surface area contributed by atoms with Crippen LogP contribution in [0.3, 0.4) is 0 Å². The van der Waals surface area contributed by atoms with E-state index in [4.69, 9.17) is 15.2 Å². The number of amides is 1. The van der Waals surface area contributed by atoms with Crippen molar-refractivity contribution < 1.29 is 18.7 Å². The molecule has 1 saturated heterocycles. The number of piperidine rings is 1. The lowest BCUT2D eigenvalue weighted by atomic mass is 10.0. The number of aryl methyl sites for hydroxylation is 3. The number of nitrogens with two attached hydrogens (primary N) is 1. The van der Waals surface area contributed by atoms with Crippen LogP contribution in [0.4, 0.5) is 20.8 Å². The van der Waals surface area contributed by atoms with Gasteiger partial charge < -0.3 is 25.4 Å². The lowest BCUT2D eigenvalue weighted by Crippen LogP contribution is -2.51. The van der Waals surface area contributed by atoms with Gasteiger partial charge in [-0.2, -0.15) is 0 Å². The first-order chi connectivity index (χ1) is 17.4. The fraction of sp³-hybridized carbons (Fsp3) is 0.462. The Morgan fingerprint density at radius 3 is 2.68 bits per heavy atom. The summed E-state index contributed by atoms with van der Waals surface area (Å²) in [5.41, 5.74) is 8.51. The van der Waals surface area contributed by atoms with Crippen molar-refractivity contribution >= 4 is 29.1 Å². The van der Waals surface area contributed by atoms with Crippen LogP contribution in [0.2, 0.25) is 0 Å². The summed E-state index contributed by atoms with van der Waals surface area (Å²) < 4.78 is 26.1. The number of alkyl halides is 1. The molecular weight excluding hydrogens is 495 g/mol. The van der Waals surface area contributed by atoms with Gasteiger partial charge in [0.25, 0.3) is 0 Å². The molecule has 0 unspecified atom stereocenters. The maximum Gasteiger partial charge on any atom is 0.410 e. The summed E-state index contributed by atoms with van der Waals surface area (Å²) in [5, 5.41) is 4.01. The second kappa shape index (κ2) is 10.5. The Morgan fingerprint density at radius 2 is 1.95 bits per heavy atom. The van der Waals surface area contributed by atoms with Gasteiger partial charge >= 0.3 is 6.09 Å². The van der Waals surface area contributed by atoms with Crippen molar-refractivity contribution in [2.24, 2.45) is 0 Å². The van der Waals surface area contributed by atoms with Gasteiger partial charge in [0.1, 0.15) is 22.4 Å². The van der Waals surface area contributed by atoms with Crippen LogP contribution in [-0.4, -0.2) is 56.8 Å². The molecule has 0 radical (unpaired) electrons. The zero-order chi connectivity index (χ0) is 26.9. The van der Waals surface area contributed by atoms with Crippen molar-refractivity contribution in [3.63, 3.8) is 0 Å². The molecule has 4 rings (SSSR count). The standard InChI is InChI=1S/C26H33FN6O3S/c1-14-10-21(15(2)9-19(14)28)35-23-22(37-16(3)30-23)20-7-8-29-24(32-20)31-18-11-17(27)12-33(13-18)25(34)36-26(4,5)6/h7-10,17-18H,11-13,28H2,1-6H3,(H,29,31,32)/t17-,18-/m0/s1. The average Bonchev–Trinajstić information content (AvgIpc) is 3.16. The number of carbonyl (C=O) groups is 1. The van der Waals surface area contributed by atoms with Crippen molar-refractivity contribution in [1.29, 1.82) is 0 Å². The Bertz CT molecular complexity index is 1290. The molecule has 0 bridgehead atoms. The number of hydrogen-bond acceptors (Lipinski definition) is 9. The molecule has 37 heavy (non-hydrogen) atoms. The Kier molecular flexibility index (Phi) is 7.54. The fourth-order valence-corrected chi connectivity index (χ4v) is 4.84. The van der Waals surface area contributed by atoms with Crippen molar-refractivity contribution in [2.75, 3.05) is 24.1 Å². The molecule has 0 aliphatic carbocycles. The van der Waals surface area contributed by atoms with Crippen LogP contribution in [-0.2, 0) is 4.74 Å². The van der Waals surface area contributed by atoms with Gasteiger partial charge in [0.15, 0.2) is 0 Å². The highest BCUT2D eigenvalue weighted by Gasteiger charge is 2.33. The molecule has 2 aromatic heterocycles. The van der Waals surface area contributed by atoms with Crippen molar-refractivity contribution in [3.8, 4) is 22.2 Å². The molecule has 9 nitrogen and oxygen atoms in total. The van der Waals surface area contributed by atoms with Gasteiger partial charge in [-0.25, -0.2) is 24.1 Å². The largest absolute Gasteiger partial charge is 0.444 e. The molecule has 3 heterocycles. The second-order valence-electron chi connectivity index (χ2n) is 10.3. The second-order valence-corrected chi connectivity index (χ2v) is 11.5. The number of nitrogens with one attached hydrogen (secondary N) is 1. The first-order valence-electron chi connectivity index (χ1n) is 12.1. The molecule has 11 heteroatoms. The number of likely N-dealkylation sites (tertiary alicyclic amines) is 1. The highest BCUT2D eigenvalue weighted by atomic mass is 32.1. The predicted molar refractivity (Wildman–Crippen MR) is 143 cm³/mol. The molecule has 1 aliphatic rings. The van der Waals surface area contributed by atoms with Crippen molar-refractivity contribution in [1.82, 2.24) is 19.9 Å². The molecule has 1 aromatic carbocycles. The summed E-state index contributed by atoms with van der Waals surface area (Å²) in [6.07, 6.45) is 0.143. The number of anilines is 2. The van der Waals surface area contributed by atoms with E-state index in [0.29, 0.717) is 29.0 Å². The number of nitrogens with zero attached hydrogens (tertiary/aromatic N) is 4. The third kappa shape index (κ3) is 6.65. The van der Waals surface area contributed by atoms with Gasteiger partial charge in [0.05, 0.1) is 17.2 Å². The predicted octanol–water partition coefficient (Wildman–Crippen LogP) is 5.66. The van der Waals surface area contributed by atoms with E-state index in [1.165, 1.54) is 16.2 Å². The summed E-state index contributed by atoms with van der Waals surface area (Å²) in [6.45, 7) is 11.4. The highest BCUT2D eigenvalue weighted by molar-refractivity contribution is 7.15. The van der Waals surface area contributed by atoms with E-state index in [2.05, 4.69) is 20.3 Å². The minimum atomic E-state index is -1.18. The van der Waals surface area contributed by atoms with E-state index in [1.807, 2.05) is 32.9 Å². The fourth-order valence-electron chi connectivity index (χ4n) is 4.02. The first-order valence-corrected chi connectivity index (χ1v) is 12.9. The zero-order valence-corrected chi connectivity index (χ0v) is 22.8. The maximum absolute atomic E-state index is 14.5. The molecule has 2 atom stereocenters. The minimum Gasteiger partial charge on any atom is -0.444 e. The third-order valence-electron chi connectivity index (χ3n) is 5.75. The maximum atomic E-state index is 14.5. The van der Waals surface area contributed by atoms with Gasteiger partial charge in [-0.3, -0.25) is 0 Å². The quantitative estimate of drug-likeness (QED) is 0.408. The van der Waals surface area contributed by atoms with Crippen LogP contribution < -0.4 is 15.8 Å². The highest BCUT2D eigenvalue weighted by Crippen LogP contribution is 2.38. The molecule has 0 saturated carbocycles. The van der Waals surface area contributed by atoms with Gasteiger partial charge in [0.2, 0.25) is 11.8 Å². The van der Waals surface area contributed by atoms with Crippen molar-refractivity contribution in [3.05, 3.63) is 40.5 Å². The summed E-state index contributed by atoms with van der Waals surface area (Å²) in [4.78, 5) is 28.2. The lowest BCUT2D eigenvalue weighted by molar-refractivity contribution is 0.0124. The number of nitrogen functional groups attached to an aromatic ring is 1. The molecule has 0 spiro atoms. The average molecular weight is 529 g/mol. The molecule has 1 amide bonds. The summed E-state index contributed by atoms with van der Waals surface area (Å²) >= 11 is 1.46. The van der Waals surface area contributed by atoms with Crippen LogP contribution in [0, 0.1) is 20.8 Å².